The van der Waals surface area contributed by atoms with Crippen LogP contribution < -0.4 is 5.32 Å². The van der Waals surface area contributed by atoms with E-state index in [0.29, 0.717) is 23.8 Å². The fraction of sp³-hybridized carbons (Fsp3) is 0.562. The first kappa shape index (κ1) is 19.9. The molecule has 1 heterocycles. The molecule has 0 bridgehead atoms. The summed E-state index contributed by atoms with van der Waals surface area (Å²) in [4.78, 5) is 14.4. The highest BCUT2D eigenvalue weighted by molar-refractivity contribution is 7.91. The second kappa shape index (κ2) is 8.66. The number of hydrogen-bond acceptors (Lipinski definition) is 4. The predicted molar refractivity (Wildman–Crippen MR) is 93.8 cm³/mol. The van der Waals surface area contributed by atoms with Crippen molar-refractivity contribution in [2.45, 2.75) is 37.6 Å². The molecule has 0 saturated carbocycles. The van der Waals surface area contributed by atoms with Crippen molar-refractivity contribution < 1.29 is 13.2 Å². The standard InChI is InChI=1S/C16H24N2O3S.ClH/c1-3-22(20,21)15-7-4-14(5-8-15)6-9-16(19)18-11-10-17-13(2)12-18;/h4-5,7-8,13,17H,3,6,9-12H2,1-2H3;1H/t13-;/m1./s1. The Balaban J connectivity index is 0.00000264. The number of piperazine rings is 1. The Morgan fingerprint density at radius 1 is 1.30 bits per heavy atom. The van der Waals surface area contributed by atoms with Crippen LogP contribution in [0.5, 0.6) is 0 Å². The monoisotopic (exact) mass is 360 g/mol. The first-order valence-electron chi connectivity index (χ1n) is 7.75. The zero-order valence-electron chi connectivity index (χ0n) is 13.6. The minimum atomic E-state index is -3.15. The van der Waals surface area contributed by atoms with E-state index in [1.54, 1.807) is 31.2 Å². The van der Waals surface area contributed by atoms with Crippen LogP contribution in [0.3, 0.4) is 0 Å². The molecule has 5 nitrogen and oxygen atoms in total. The van der Waals surface area contributed by atoms with E-state index in [0.717, 1.165) is 25.2 Å². The number of benzene rings is 1. The van der Waals surface area contributed by atoms with E-state index in [9.17, 15) is 13.2 Å². The molecule has 1 amide bonds. The summed E-state index contributed by atoms with van der Waals surface area (Å²) in [6.45, 7) is 6.07. The summed E-state index contributed by atoms with van der Waals surface area (Å²) in [5.74, 6) is 0.269. The number of nitrogens with one attached hydrogen (secondary N) is 1. The maximum atomic E-state index is 12.2. The summed E-state index contributed by atoms with van der Waals surface area (Å²) in [6.07, 6.45) is 1.11. The smallest absolute Gasteiger partial charge is 0.222 e. The van der Waals surface area contributed by atoms with Crippen LogP contribution in [0.4, 0.5) is 0 Å². The van der Waals surface area contributed by atoms with Crippen LogP contribution in [0.25, 0.3) is 0 Å². The van der Waals surface area contributed by atoms with Crippen LogP contribution in [-0.2, 0) is 21.1 Å². The Hall–Kier alpha value is -1.11. The van der Waals surface area contributed by atoms with Gasteiger partial charge in [0, 0.05) is 32.1 Å². The largest absolute Gasteiger partial charge is 0.340 e. The van der Waals surface area contributed by atoms with Crippen LogP contribution in [-0.4, -0.2) is 50.7 Å². The SMILES string of the molecule is CCS(=O)(=O)c1ccc(CCC(=O)N2CCN[C@H](C)C2)cc1.Cl. The van der Waals surface area contributed by atoms with Gasteiger partial charge in [0.25, 0.3) is 0 Å². The van der Waals surface area contributed by atoms with E-state index >= 15 is 0 Å². The number of amides is 1. The summed E-state index contributed by atoms with van der Waals surface area (Å²) in [5, 5.41) is 3.32. The van der Waals surface area contributed by atoms with Crippen molar-refractivity contribution in [1.82, 2.24) is 10.2 Å². The Labute approximate surface area is 144 Å². The average molecular weight is 361 g/mol. The van der Waals surface area contributed by atoms with E-state index < -0.39 is 9.84 Å². The predicted octanol–water partition coefficient (Wildman–Crippen LogP) is 1.65. The van der Waals surface area contributed by atoms with E-state index in [1.807, 2.05) is 4.90 Å². The third-order valence-corrected chi connectivity index (χ3v) is 5.76. The second-order valence-corrected chi connectivity index (χ2v) is 8.02. The Morgan fingerprint density at radius 2 is 1.96 bits per heavy atom. The van der Waals surface area contributed by atoms with E-state index in [1.165, 1.54) is 0 Å². The highest BCUT2D eigenvalue weighted by atomic mass is 35.5. The quantitative estimate of drug-likeness (QED) is 0.867. The van der Waals surface area contributed by atoms with Gasteiger partial charge < -0.3 is 10.2 Å². The number of rotatable bonds is 5. The second-order valence-electron chi connectivity index (χ2n) is 5.74. The normalized spacial score (nSPS) is 18.3. The van der Waals surface area contributed by atoms with Gasteiger partial charge in [0.2, 0.25) is 5.91 Å². The van der Waals surface area contributed by atoms with Crippen LogP contribution in [0, 0.1) is 0 Å². The lowest BCUT2D eigenvalue weighted by atomic mass is 10.1. The fourth-order valence-electron chi connectivity index (χ4n) is 2.60. The molecule has 2 rings (SSSR count). The third kappa shape index (κ3) is 5.48. The maximum Gasteiger partial charge on any atom is 0.222 e. The Kier molecular flexibility index (Phi) is 7.51. The number of carbonyl (C=O) groups is 1. The van der Waals surface area contributed by atoms with Gasteiger partial charge in [-0.2, -0.15) is 0 Å². The van der Waals surface area contributed by atoms with Crippen molar-refractivity contribution >= 4 is 28.2 Å². The van der Waals surface area contributed by atoms with Crippen LogP contribution in [0.2, 0.25) is 0 Å². The van der Waals surface area contributed by atoms with Crippen LogP contribution >= 0.6 is 12.4 Å². The molecule has 1 aliphatic rings. The van der Waals surface area contributed by atoms with Gasteiger partial charge in [-0.25, -0.2) is 8.42 Å². The summed E-state index contributed by atoms with van der Waals surface area (Å²) in [7, 11) is -3.15. The van der Waals surface area contributed by atoms with Gasteiger partial charge in [-0.3, -0.25) is 4.79 Å². The molecule has 1 aromatic rings. The van der Waals surface area contributed by atoms with Gasteiger partial charge in [0.15, 0.2) is 9.84 Å². The van der Waals surface area contributed by atoms with Gasteiger partial charge in [-0.05, 0) is 31.0 Å². The van der Waals surface area contributed by atoms with Gasteiger partial charge in [-0.15, -0.1) is 12.4 Å². The van der Waals surface area contributed by atoms with E-state index in [2.05, 4.69) is 12.2 Å². The molecule has 1 aliphatic heterocycles. The number of hydrogen-bond donors (Lipinski definition) is 1. The first-order valence-corrected chi connectivity index (χ1v) is 9.40. The topological polar surface area (TPSA) is 66.5 Å². The number of halogens is 1. The number of nitrogens with zero attached hydrogens (tertiary/aromatic N) is 1. The van der Waals surface area contributed by atoms with Gasteiger partial charge >= 0.3 is 0 Å². The van der Waals surface area contributed by atoms with Gasteiger partial charge in [0.05, 0.1) is 10.6 Å². The number of sulfone groups is 1. The summed E-state index contributed by atoms with van der Waals surface area (Å²) >= 11 is 0. The van der Waals surface area contributed by atoms with Crippen molar-refractivity contribution in [3.05, 3.63) is 29.8 Å². The molecule has 1 atom stereocenters. The third-order valence-electron chi connectivity index (χ3n) is 4.01. The molecule has 130 valence electrons. The number of aryl methyl sites for hydroxylation is 1. The molecule has 23 heavy (non-hydrogen) atoms. The minimum Gasteiger partial charge on any atom is -0.340 e. The molecule has 1 N–H and O–H groups in total. The van der Waals surface area contributed by atoms with Crippen molar-refractivity contribution in [3.63, 3.8) is 0 Å². The molecule has 0 unspecified atom stereocenters. The Bertz CT molecular complexity index is 617. The van der Waals surface area contributed by atoms with Crippen molar-refractivity contribution in [3.8, 4) is 0 Å². The summed E-state index contributed by atoms with van der Waals surface area (Å²) < 4.78 is 23.5. The molecule has 0 radical (unpaired) electrons. The molecule has 0 spiro atoms. The summed E-state index contributed by atoms with van der Waals surface area (Å²) in [6, 6.07) is 7.21. The van der Waals surface area contributed by atoms with Crippen molar-refractivity contribution in [2.75, 3.05) is 25.4 Å². The highest BCUT2D eigenvalue weighted by Crippen LogP contribution is 2.14. The first-order chi connectivity index (χ1) is 10.4. The molecule has 1 aromatic carbocycles. The number of carbonyl (C=O) groups excluding carboxylic acids is 1. The highest BCUT2D eigenvalue weighted by Gasteiger charge is 2.20. The zero-order valence-corrected chi connectivity index (χ0v) is 15.3. The fourth-order valence-corrected chi connectivity index (χ4v) is 3.48. The molecule has 0 aromatic heterocycles. The molecule has 7 heteroatoms. The summed E-state index contributed by atoms with van der Waals surface area (Å²) in [5.41, 5.74) is 0.992. The average Bonchev–Trinajstić information content (AvgIpc) is 2.53. The zero-order chi connectivity index (χ0) is 16.2. The molecule has 1 fully saturated rings. The van der Waals surface area contributed by atoms with Crippen LogP contribution in [0.1, 0.15) is 25.8 Å². The lowest BCUT2D eigenvalue weighted by Crippen LogP contribution is -2.51. The minimum absolute atomic E-state index is 0. The maximum absolute atomic E-state index is 12.2. The van der Waals surface area contributed by atoms with E-state index in [4.69, 9.17) is 0 Å². The van der Waals surface area contributed by atoms with Gasteiger partial charge in [0.1, 0.15) is 0 Å². The van der Waals surface area contributed by atoms with Crippen molar-refractivity contribution in [2.24, 2.45) is 0 Å². The van der Waals surface area contributed by atoms with E-state index in [-0.39, 0.29) is 24.1 Å². The lowest BCUT2D eigenvalue weighted by Gasteiger charge is -2.32. The molecular formula is C16H25ClN2O3S. The van der Waals surface area contributed by atoms with Crippen molar-refractivity contribution in [1.29, 1.82) is 0 Å². The Morgan fingerprint density at radius 3 is 2.52 bits per heavy atom. The van der Waals surface area contributed by atoms with Crippen LogP contribution in [0.15, 0.2) is 29.2 Å². The molecule has 1 saturated heterocycles. The lowest BCUT2D eigenvalue weighted by molar-refractivity contribution is -0.132. The molecular weight excluding hydrogens is 336 g/mol. The van der Waals surface area contributed by atoms with Gasteiger partial charge in [-0.1, -0.05) is 19.1 Å². The molecule has 0 aliphatic carbocycles.